The molecule has 2 aromatic carbocycles. The first-order valence-corrected chi connectivity index (χ1v) is 10.1. The predicted octanol–water partition coefficient (Wildman–Crippen LogP) is 3.55. The quantitative estimate of drug-likeness (QED) is 0.810. The summed E-state index contributed by atoms with van der Waals surface area (Å²) in [7, 11) is -3.80. The molecule has 2 N–H and O–H groups in total. The Morgan fingerprint density at radius 3 is 2.23 bits per heavy atom. The maximum atomic E-state index is 12.9. The third-order valence-electron chi connectivity index (χ3n) is 4.55. The molecule has 1 fully saturated rings. The van der Waals surface area contributed by atoms with Crippen LogP contribution in [-0.2, 0) is 10.0 Å². The summed E-state index contributed by atoms with van der Waals surface area (Å²) in [5, 5.41) is 2.90. The zero-order valence-corrected chi connectivity index (χ0v) is 15.1. The summed E-state index contributed by atoms with van der Waals surface area (Å²) < 4.78 is 40.0. The lowest BCUT2D eigenvalue weighted by molar-refractivity contribution is 0.0947. The van der Waals surface area contributed by atoms with Crippen molar-refractivity contribution in [2.45, 2.75) is 30.6 Å². The first kappa shape index (κ1) is 18.4. The topological polar surface area (TPSA) is 75.3 Å². The van der Waals surface area contributed by atoms with Crippen LogP contribution in [0.4, 0.5) is 10.1 Å². The Hall–Kier alpha value is -2.41. The third-order valence-corrected chi connectivity index (χ3v) is 5.95. The second kappa shape index (κ2) is 7.86. The van der Waals surface area contributed by atoms with Gasteiger partial charge in [-0.05, 0) is 67.3 Å². The van der Waals surface area contributed by atoms with Gasteiger partial charge in [0.05, 0.1) is 4.90 Å². The van der Waals surface area contributed by atoms with Crippen molar-refractivity contribution >= 4 is 21.6 Å². The van der Waals surface area contributed by atoms with Gasteiger partial charge in [-0.25, -0.2) is 12.8 Å². The Bertz CT molecular complexity index is 859. The Morgan fingerprint density at radius 2 is 1.62 bits per heavy atom. The molecule has 0 bridgehead atoms. The molecule has 1 saturated carbocycles. The molecule has 0 radical (unpaired) electrons. The summed E-state index contributed by atoms with van der Waals surface area (Å²) in [5.74, 6) is -0.105. The Labute approximate surface area is 152 Å². The van der Waals surface area contributed by atoms with Gasteiger partial charge in [-0.15, -0.1) is 0 Å². The average Bonchev–Trinajstić information content (AvgIpc) is 3.15. The largest absolute Gasteiger partial charge is 0.352 e. The van der Waals surface area contributed by atoms with Gasteiger partial charge in [0, 0.05) is 17.8 Å². The maximum absolute atomic E-state index is 12.9. The van der Waals surface area contributed by atoms with E-state index >= 15 is 0 Å². The van der Waals surface area contributed by atoms with Crippen molar-refractivity contribution in [1.29, 1.82) is 0 Å². The molecule has 1 aliphatic rings. The third kappa shape index (κ3) is 4.60. The summed E-state index contributed by atoms with van der Waals surface area (Å²) in [5.41, 5.74) is 0.688. The second-order valence-corrected chi connectivity index (χ2v) is 8.18. The van der Waals surface area contributed by atoms with E-state index in [4.69, 9.17) is 0 Å². The monoisotopic (exact) mass is 376 g/mol. The van der Waals surface area contributed by atoms with Gasteiger partial charge in [0.1, 0.15) is 5.82 Å². The number of benzene rings is 2. The van der Waals surface area contributed by atoms with Crippen LogP contribution in [0.15, 0.2) is 53.4 Å². The summed E-state index contributed by atoms with van der Waals surface area (Å²) in [4.78, 5) is 12.2. The first-order chi connectivity index (χ1) is 12.4. The Morgan fingerprint density at radius 1 is 1.00 bits per heavy atom. The molecule has 0 aromatic heterocycles. The van der Waals surface area contributed by atoms with Gasteiger partial charge in [-0.2, -0.15) is 0 Å². The van der Waals surface area contributed by atoms with Crippen molar-refractivity contribution in [3.05, 3.63) is 59.9 Å². The van der Waals surface area contributed by atoms with Crippen LogP contribution in [0.3, 0.4) is 0 Å². The molecule has 2 aromatic rings. The number of sulfonamides is 1. The molecule has 3 rings (SSSR count). The fourth-order valence-electron chi connectivity index (χ4n) is 3.07. The van der Waals surface area contributed by atoms with Crippen molar-refractivity contribution < 1.29 is 17.6 Å². The fraction of sp³-hybridized carbons (Fsp3) is 0.316. The van der Waals surface area contributed by atoms with Gasteiger partial charge in [0.25, 0.3) is 15.9 Å². The molecule has 5 nitrogen and oxygen atoms in total. The molecular formula is C19H21FN2O3S. The fourth-order valence-corrected chi connectivity index (χ4v) is 4.13. The molecule has 1 aliphatic carbocycles. The van der Waals surface area contributed by atoms with Gasteiger partial charge in [0.15, 0.2) is 0 Å². The molecule has 0 aliphatic heterocycles. The van der Waals surface area contributed by atoms with Crippen LogP contribution in [-0.4, -0.2) is 20.9 Å². The number of amides is 1. The van der Waals surface area contributed by atoms with Gasteiger partial charge < -0.3 is 5.32 Å². The summed E-state index contributed by atoms with van der Waals surface area (Å²) in [6.07, 6.45) is 4.72. The van der Waals surface area contributed by atoms with Gasteiger partial charge in [-0.1, -0.05) is 12.8 Å². The number of hydrogen-bond donors (Lipinski definition) is 2. The molecule has 7 heteroatoms. The molecule has 0 atom stereocenters. The van der Waals surface area contributed by atoms with Crippen LogP contribution in [0.5, 0.6) is 0 Å². The second-order valence-electron chi connectivity index (χ2n) is 6.50. The highest BCUT2D eigenvalue weighted by atomic mass is 32.2. The highest BCUT2D eigenvalue weighted by molar-refractivity contribution is 7.92. The SMILES string of the molecule is O=C(NCC1CCCC1)c1ccc(S(=O)(=O)Nc2ccc(F)cc2)cc1. The molecule has 0 spiro atoms. The zero-order valence-electron chi connectivity index (χ0n) is 14.2. The van der Waals surface area contributed by atoms with Crippen LogP contribution < -0.4 is 10.0 Å². The zero-order chi connectivity index (χ0) is 18.6. The van der Waals surface area contributed by atoms with Crippen LogP contribution in [0.25, 0.3) is 0 Å². The molecule has 0 unspecified atom stereocenters. The average molecular weight is 376 g/mol. The van der Waals surface area contributed by atoms with E-state index in [2.05, 4.69) is 10.0 Å². The molecule has 0 heterocycles. The number of hydrogen-bond acceptors (Lipinski definition) is 3. The van der Waals surface area contributed by atoms with Crippen molar-refractivity contribution in [2.24, 2.45) is 5.92 Å². The number of halogens is 1. The van der Waals surface area contributed by atoms with Crippen LogP contribution in [0.2, 0.25) is 0 Å². The van der Waals surface area contributed by atoms with E-state index in [1.165, 1.54) is 61.4 Å². The number of carbonyl (C=O) groups is 1. The molecular weight excluding hydrogens is 355 g/mol. The maximum Gasteiger partial charge on any atom is 0.261 e. The molecule has 1 amide bonds. The number of rotatable bonds is 6. The van der Waals surface area contributed by atoms with E-state index in [1.807, 2.05) is 0 Å². The highest BCUT2D eigenvalue weighted by Crippen LogP contribution is 2.24. The van der Waals surface area contributed by atoms with E-state index in [0.29, 0.717) is 18.0 Å². The standard InChI is InChI=1S/C19H21FN2O3S/c20-16-7-9-17(10-8-16)22-26(24,25)18-11-5-15(6-12-18)19(23)21-13-14-3-1-2-4-14/h5-12,14,22H,1-4,13H2,(H,21,23). The summed E-state index contributed by atoms with van der Waals surface area (Å²) in [6.45, 7) is 0.658. The van der Waals surface area contributed by atoms with Crippen molar-refractivity contribution in [1.82, 2.24) is 5.32 Å². The van der Waals surface area contributed by atoms with Crippen LogP contribution in [0.1, 0.15) is 36.0 Å². The van der Waals surface area contributed by atoms with Gasteiger partial charge in [-0.3, -0.25) is 9.52 Å². The van der Waals surface area contributed by atoms with Gasteiger partial charge >= 0.3 is 0 Å². The number of nitrogens with one attached hydrogen (secondary N) is 2. The Kier molecular flexibility index (Phi) is 5.56. The normalized spacial score (nSPS) is 15.0. The number of carbonyl (C=O) groups excluding carboxylic acids is 1. The first-order valence-electron chi connectivity index (χ1n) is 8.61. The minimum absolute atomic E-state index is 0.0363. The van der Waals surface area contributed by atoms with E-state index < -0.39 is 15.8 Å². The van der Waals surface area contributed by atoms with Crippen LogP contribution in [0, 0.1) is 11.7 Å². The highest BCUT2D eigenvalue weighted by Gasteiger charge is 2.18. The lowest BCUT2D eigenvalue weighted by atomic mass is 10.1. The summed E-state index contributed by atoms with van der Waals surface area (Å²) in [6, 6.07) is 10.8. The van der Waals surface area contributed by atoms with E-state index in [9.17, 15) is 17.6 Å². The van der Waals surface area contributed by atoms with Gasteiger partial charge in [0.2, 0.25) is 0 Å². The lowest BCUT2D eigenvalue weighted by Gasteiger charge is -2.11. The van der Waals surface area contributed by atoms with Crippen molar-refractivity contribution in [3.63, 3.8) is 0 Å². The van der Waals surface area contributed by atoms with E-state index in [-0.39, 0.29) is 16.5 Å². The number of anilines is 1. The smallest absolute Gasteiger partial charge is 0.261 e. The molecule has 138 valence electrons. The van der Waals surface area contributed by atoms with E-state index in [0.717, 1.165) is 12.8 Å². The van der Waals surface area contributed by atoms with Crippen molar-refractivity contribution in [2.75, 3.05) is 11.3 Å². The minimum atomic E-state index is -3.80. The summed E-state index contributed by atoms with van der Waals surface area (Å²) >= 11 is 0. The lowest BCUT2D eigenvalue weighted by Crippen LogP contribution is -2.28. The predicted molar refractivity (Wildman–Crippen MR) is 97.9 cm³/mol. The molecule has 0 saturated heterocycles. The van der Waals surface area contributed by atoms with Crippen LogP contribution >= 0.6 is 0 Å². The Balaban J connectivity index is 1.63. The molecule has 26 heavy (non-hydrogen) atoms. The minimum Gasteiger partial charge on any atom is -0.352 e. The van der Waals surface area contributed by atoms with E-state index in [1.54, 1.807) is 0 Å². The van der Waals surface area contributed by atoms with Crippen molar-refractivity contribution in [3.8, 4) is 0 Å².